The molecule has 1 nitrogen and oxygen atoms in total. The molecule has 3 heteroatoms. The number of benzene rings is 1. The van der Waals surface area contributed by atoms with Gasteiger partial charge < -0.3 is 5.32 Å². The molecule has 1 N–H and O–H groups in total. The molecule has 0 heterocycles. The van der Waals surface area contributed by atoms with E-state index in [4.69, 9.17) is 0 Å². The monoisotopic (exact) mass is 267 g/mol. The molecule has 2 rings (SSSR count). The number of hydrogen-bond donors (Lipinski definition) is 1. The molecule has 1 saturated carbocycles. The van der Waals surface area contributed by atoms with Crippen molar-refractivity contribution in [2.75, 3.05) is 13.6 Å². The largest absolute Gasteiger partial charge is 0.320 e. The van der Waals surface area contributed by atoms with Gasteiger partial charge in [-0.25, -0.2) is 8.78 Å². The summed E-state index contributed by atoms with van der Waals surface area (Å²) >= 11 is 0. The van der Waals surface area contributed by atoms with Gasteiger partial charge in [-0.2, -0.15) is 0 Å². The fraction of sp³-hybridized carbons (Fsp3) is 0.625. The van der Waals surface area contributed by atoms with E-state index >= 15 is 0 Å². The van der Waals surface area contributed by atoms with Crippen LogP contribution in [0.3, 0.4) is 0 Å². The lowest BCUT2D eigenvalue weighted by atomic mass is 9.75. The summed E-state index contributed by atoms with van der Waals surface area (Å²) < 4.78 is 26.5. The van der Waals surface area contributed by atoms with Crippen LogP contribution in [0.1, 0.15) is 50.0 Å². The first-order chi connectivity index (χ1) is 9.22. The number of hydrogen-bond acceptors (Lipinski definition) is 1. The first-order valence-corrected chi connectivity index (χ1v) is 7.32. The van der Waals surface area contributed by atoms with Crippen molar-refractivity contribution in [2.24, 2.45) is 5.92 Å². The summed E-state index contributed by atoms with van der Waals surface area (Å²) in [5, 5.41) is 3.17. The lowest BCUT2D eigenvalue weighted by molar-refractivity contribution is 0.292. The zero-order chi connectivity index (χ0) is 13.7. The molecule has 0 radical (unpaired) electrons. The maximum atomic E-state index is 13.4. The Bertz CT molecular complexity index is 400. The summed E-state index contributed by atoms with van der Waals surface area (Å²) in [5.74, 6) is -0.502. The molecule has 19 heavy (non-hydrogen) atoms. The molecule has 1 unspecified atom stereocenters. The van der Waals surface area contributed by atoms with Crippen molar-refractivity contribution in [1.29, 1.82) is 0 Å². The highest BCUT2D eigenvalue weighted by molar-refractivity contribution is 5.22. The number of halogens is 2. The van der Waals surface area contributed by atoms with Gasteiger partial charge in [-0.1, -0.05) is 25.3 Å². The Hall–Kier alpha value is -0.960. The smallest absolute Gasteiger partial charge is 0.159 e. The SMILES string of the molecule is CNCCC(c1ccc(F)c(F)c1)C1CCCCC1. The van der Waals surface area contributed by atoms with Gasteiger partial charge in [0, 0.05) is 0 Å². The van der Waals surface area contributed by atoms with Gasteiger partial charge in [-0.05, 0) is 62.4 Å². The minimum Gasteiger partial charge on any atom is -0.320 e. The van der Waals surface area contributed by atoms with Crippen LogP contribution < -0.4 is 5.32 Å². The van der Waals surface area contributed by atoms with Gasteiger partial charge in [0.25, 0.3) is 0 Å². The predicted molar refractivity (Wildman–Crippen MR) is 74.2 cm³/mol. The van der Waals surface area contributed by atoms with Crippen molar-refractivity contribution in [2.45, 2.75) is 44.4 Å². The zero-order valence-corrected chi connectivity index (χ0v) is 11.6. The average molecular weight is 267 g/mol. The Balaban J connectivity index is 2.17. The van der Waals surface area contributed by atoms with E-state index in [-0.39, 0.29) is 0 Å². The van der Waals surface area contributed by atoms with E-state index in [0.29, 0.717) is 11.8 Å². The summed E-state index contributed by atoms with van der Waals surface area (Å²) in [5.41, 5.74) is 0.959. The van der Waals surface area contributed by atoms with E-state index in [1.165, 1.54) is 44.2 Å². The van der Waals surface area contributed by atoms with Crippen LogP contribution in [-0.4, -0.2) is 13.6 Å². The van der Waals surface area contributed by atoms with Gasteiger partial charge >= 0.3 is 0 Å². The Morgan fingerprint density at radius 2 is 1.89 bits per heavy atom. The molecular weight excluding hydrogens is 244 g/mol. The third kappa shape index (κ3) is 3.75. The van der Waals surface area contributed by atoms with Gasteiger partial charge in [-0.3, -0.25) is 0 Å². The van der Waals surface area contributed by atoms with E-state index < -0.39 is 11.6 Å². The lowest BCUT2D eigenvalue weighted by Gasteiger charge is -2.31. The molecule has 0 aliphatic heterocycles. The van der Waals surface area contributed by atoms with Crippen molar-refractivity contribution in [3.63, 3.8) is 0 Å². The molecule has 0 aromatic heterocycles. The fourth-order valence-corrected chi connectivity index (χ4v) is 3.25. The molecule has 106 valence electrons. The first-order valence-electron chi connectivity index (χ1n) is 7.32. The van der Waals surface area contributed by atoms with Crippen LogP contribution in [0.4, 0.5) is 8.78 Å². The van der Waals surface area contributed by atoms with Crippen molar-refractivity contribution < 1.29 is 8.78 Å². The predicted octanol–water partition coefficient (Wildman–Crippen LogP) is 4.24. The molecule has 0 spiro atoms. The third-order valence-electron chi connectivity index (χ3n) is 4.30. The van der Waals surface area contributed by atoms with E-state index in [1.54, 1.807) is 6.07 Å². The molecule has 1 atom stereocenters. The second-order valence-electron chi connectivity index (χ2n) is 5.57. The van der Waals surface area contributed by atoms with Gasteiger partial charge in [0.1, 0.15) is 0 Å². The molecule has 1 fully saturated rings. The van der Waals surface area contributed by atoms with Crippen LogP contribution >= 0.6 is 0 Å². The molecule has 1 aliphatic carbocycles. The summed E-state index contributed by atoms with van der Waals surface area (Å²) in [7, 11) is 1.93. The zero-order valence-electron chi connectivity index (χ0n) is 11.6. The van der Waals surface area contributed by atoms with Crippen LogP contribution in [0.5, 0.6) is 0 Å². The summed E-state index contributed by atoms with van der Waals surface area (Å²) in [6.45, 7) is 0.917. The fourth-order valence-electron chi connectivity index (χ4n) is 3.25. The summed E-state index contributed by atoms with van der Waals surface area (Å²) in [6, 6.07) is 4.41. The first kappa shape index (κ1) is 14.4. The quantitative estimate of drug-likeness (QED) is 0.841. The molecule has 1 aromatic carbocycles. The van der Waals surface area contributed by atoms with E-state index in [1.807, 2.05) is 7.05 Å². The van der Waals surface area contributed by atoms with Crippen molar-refractivity contribution >= 4 is 0 Å². The van der Waals surface area contributed by atoms with Gasteiger partial charge in [-0.15, -0.1) is 0 Å². The van der Waals surface area contributed by atoms with Crippen molar-refractivity contribution in [3.8, 4) is 0 Å². The molecule has 0 amide bonds. The second-order valence-corrected chi connectivity index (χ2v) is 5.57. The Kier molecular flexibility index (Phi) is 5.32. The Morgan fingerprint density at radius 1 is 1.16 bits per heavy atom. The molecular formula is C16H23F2N. The Morgan fingerprint density at radius 3 is 2.53 bits per heavy atom. The van der Waals surface area contributed by atoms with Gasteiger partial charge in [0.2, 0.25) is 0 Å². The summed E-state index contributed by atoms with van der Waals surface area (Å²) in [6.07, 6.45) is 7.27. The average Bonchev–Trinajstić information content (AvgIpc) is 2.44. The van der Waals surface area contributed by atoms with Crippen LogP contribution in [0.15, 0.2) is 18.2 Å². The Labute approximate surface area is 114 Å². The van der Waals surface area contributed by atoms with Gasteiger partial charge in [0.15, 0.2) is 11.6 Å². The molecule has 1 aromatic rings. The minimum atomic E-state index is -0.750. The van der Waals surface area contributed by atoms with Crippen LogP contribution in [-0.2, 0) is 0 Å². The maximum Gasteiger partial charge on any atom is 0.159 e. The maximum absolute atomic E-state index is 13.4. The number of nitrogens with one attached hydrogen (secondary N) is 1. The highest BCUT2D eigenvalue weighted by Gasteiger charge is 2.25. The van der Waals surface area contributed by atoms with E-state index in [9.17, 15) is 8.78 Å². The highest BCUT2D eigenvalue weighted by Crippen LogP contribution is 2.38. The minimum absolute atomic E-state index is 0.350. The van der Waals surface area contributed by atoms with Crippen LogP contribution in [0, 0.1) is 17.6 Å². The lowest BCUT2D eigenvalue weighted by Crippen LogP contribution is -2.21. The normalized spacial score (nSPS) is 18.5. The van der Waals surface area contributed by atoms with Gasteiger partial charge in [0.05, 0.1) is 0 Å². The topological polar surface area (TPSA) is 12.0 Å². The molecule has 0 saturated heterocycles. The van der Waals surface area contributed by atoms with E-state index in [2.05, 4.69) is 5.32 Å². The number of rotatable bonds is 5. The molecule has 0 bridgehead atoms. The van der Waals surface area contributed by atoms with Crippen molar-refractivity contribution in [1.82, 2.24) is 5.32 Å². The highest BCUT2D eigenvalue weighted by atomic mass is 19.2. The molecule has 1 aliphatic rings. The van der Waals surface area contributed by atoms with E-state index in [0.717, 1.165) is 18.5 Å². The third-order valence-corrected chi connectivity index (χ3v) is 4.30. The van der Waals surface area contributed by atoms with Crippen LogP contribution in [0.25, 0.3) is 0 Å². The summed E-state index contributed by atoms with van der Waals surface area (Å²) in [4.78, 5) is 0. The van der Waals surface area contributed by atoms with Crippen molar-refractivity contribution in [3.05, 3.63) is 35.4 Å². The van der Waals surface area contributed by atoms with Crippen LogP contribution in [0.2, 0.25) is 0 Å². The second kappa shape index (κ2) is 6.99. The standard InChI is InChI=1S/C16H23F2N/c1-19-10-9-14(12-5-3-2-4-6-12)13-7-8-15(17)16(18)11-13/h7-8,11-12,14,19H,2-6,9-10H2,1H3.